The van der Waals surface area contributed by atoms with Gasteiger partial charge < -0.3 is 19.7 Å². The predicted octanol–water partition coefficient (Wildman–Crippen LogP) is 2.65. The molecule has 25 heavy (non-hydrogen) atoms. The normalized spacial score (nSPS) is 46.0. The van der Waals surface area contributed by atoms with Gasteiger partial charge in [-0.15, -0.1) is 0 Å². The van der Waals surface area contributed by atoms with Crippen molar-refractivity contribution < 1.29 is 24.5 Å². The van der Waals surface area contributed by atoms with Gasteiger partial charge >= 0.3 is 5.97 Å². The zero-order valence-corrected chi connectivity index (χ0v) is 15.3. The van der Waals surface area contributed by atoms with E-state index in [2.05, 4.69) is 13.2 Å². The first-order valence-corrected chi connectivity index (χ1v) is 9.27. The summed E-state index contributed by atoms with van der Waals surface area (Å²) in [6.45, 7) is 11.8. The molecule has 4 bridgehead atoms. The zero-order valence-electron chi connectivity index (χ0n) is 15.3. The lowest BCUT2D eigenvalue weighted by molar-refractivity contribution is -0.165. The molecule has 2 N–H and O–H groups in total. The maximum atomic E-state index is 12.5. The highest BCUT2D eigenvalue weighted by Crippen LogP contribution is 2.42. The van der Waals surface area contributed by atoms with Crippen molar-refractivity contribution in [2.45, 2.75) is 88.3 Å². The van der Waals surface area contributed by atoms with Gasteiger partial charge in [0.15, 0.2) is 0 Å². The molecule has 3 heterocycles. The first kappa shape index (κ1) is 18.6. The minimum atomic E-state index is -0.966. The van der Waals surface area contributed by atoms with E-state index in [1.165, 1.54) is 0 Å². The molecule has 5 nitrogen and oxygen atoms in total. The molecule has 3 aliphatic rings. The third kappa shape index (κ3) is 3.55. The maximum Gasteiger partial charge on any atom is 0.334 e. The van der Waals surface area contributed by atoms with Crippen molar-refractivity contribution in [2.75, 3.05) is 0 Å². The molecule has 3 aliphatic heterocycles. The third-order valence-corrected chi connectivity index (χ3v) is 6.35. The Labute approximate surface area is 149 Å². The number of carbonyl (C=O) groups excluding carboxylic acids is 1. The highest BCUT2D eigenvalue weighted by atomic mass is 16.6. The summed E-state index contributed by atoms with van der Waals surface area (Å²) in [4.78, 5) is 12.5. The molecule has 140 valence electrons. The summed E-state index contributed by atoms with van der Waals surface area (Å²) in [5.74, 6) is -0.890. The van der Waals surface area contributed by atoms with Crippen molar-refractivity contribution in [2.24, 2.45) is 5.92 Å². The van der Waals surface area contributed by atoms with Crippen molar-refractivity contribution in [3.63, 3.8) is 0 Å². The Morgan fingerprint density at radius 3 is 2.56 bits per heavy atom. The fourth-order valence-corrected chi connectivity index (χ4v) is 4.46. The van der Waals surface area contributed by atoms with Gasteiger partial charge in [-0.2, -0.15) is 0 Å². The van der Waals surface area contributed by atoms with E-state index in [0.29, 0.717) is 37.7 Å². The van der Waals surface area contributed by atoms with E-state index in [0.717, 1.165) is 18.4 Å². The minimum absolute atomic E-state index is 0.0384. The van der Waals surface area contributed by atoms with Crippen LogP contribution < -0.4 is 0 Å². The second-order valence-electron chi connectivity index (χ2n) is 8.45. The number of aliphatic hydroxyl groups is 2. The Hall–Kier alpha value is -1.17. The monoisotopic (exact) mass is 350 g/mol. The van der Waals surface area contributed by atoms with Gasteiger partial charge in [0.05, 0.1) is 23.9 Å². The van der Waals surface area contributed by atoms with Gasteiger partial charge in [-0.25, -0.2) is 4.79 Å². The van der Waals surface area contributed by atoms with Gasteiger partial charge in [0, 0.05) is 17.9 Å². The molecular formula is C20H30O5. The number of ether oxygens (including phenoxy) is 2. The first-order valence-electron chi connectivity index (χ1n) is 9.27. The van der Waals surface area contributed by atoms with E-state index < -0.39 is 29.4 Å². The number of rotatable bonds is 0. The predicted molar refractivity (Wildman–Crippen MR) is 93.9 cm³/mol. The molecule has 6 unspecified atom stereocenters. The molecule has 0 amide bonds. The molecule has 3 fully saturated rings. The van der Waals surface area contributed by atoms with Crippen molar-refractivity contribution in [3.8, 4) is 0 Å². The summed E-state index contributed by atoms with van der Waals surface area (Å²) in [5, 5.41) is 21.5. The topological polar surface area (TPSA) is 76.0 Å². The quantitative estimate of drug-likeness (QED) is 0.399. The molecule has 0 radical (unpaired) electrons. The largest absolute Gasteiger partial charge is 0.453 e. The van der Waals surface area contributed by atoms with Crippen LogP contribution in [0.5, 0.6) is 0 Å². The van der Waals surface area contributed by atoms with Crippen LogP contribution in [-0.2, 0) is 14.3 Å². The van der Waals surface area contributed by atoms with Crippen molar-refractivity contribution in [3.05, 3.63) is 24.3 Å². The molecular weight excluding hydrogens is 320 g/mol. The van der Waals surface area contributed by atoms with Gasteiger partial charge in [-0.1, -0.05) is 13.2 Å². The van der Waals surface area contributed by atoms with Crippen LogP contribution in [0.1, 0.15) is 58.8 Å². The highest BCUT2D eigenvalue weighted by molar-refractivity contribution is 5.89. The lowest BCUT2D eigenvalue weighted by Crippen LogP contribution is -2.43. The third-order valence-electron chi connectivity index (χ3n) is 6.35. The summed E-state index contributed by atoms with van der Waals surface area (Å²) >= 11 is 0. The Morgan fingerprint density at radius 1 is 1.12 bits per heavy atom. The summed E-state index contributed by atoms with van der Waals surface area (Å²) in [7, 11) is 0. The molecule has 3 saturated heterocycles. The Balaban J connectivity index is 1.93. The summed E-state index contributed by atoms with van der Waals surface area (Å²) in [5.41, 5.74) is -0.141. The van der Waals surface area contributed by atoms with Crippen LogP contribution in [0.15, 0.2) is 24.3 Å². The number of aliphatic hydroxyl groups excluding tert-OH is 2. The number of fused-ring (bicyclic) bond motifs is 5. The average molecular weight is 350 g/mol. The molecule has 0 saturated carbocycles. The van der Waals surface area contributed by atoms with E-state index in [1.54, 1.807) is 6.92 Å². The van der Waals surface area contributed by atoms with Gasteiger partial charge in [0.25, 0.3) is 0 Å². The smallest absolute Gasteiger partial charge is 0.334 e. The molecule has 3 rings (SSSR count). The Bertz CT molecular complexity index is 585. The summed E-state index contributed by atoms with van der Waals surface area (Å²) in [6, 6.07) is 0. The first-order chi connectivity index (χ1) is 11.6. The van der Waals surface area contributed by atoms with E-state index in [1.807, 2.05) is 6.92 Å². The van der Waals surface area contributed by atoms with E-state index >= 15 is 0 Å². The molecule has 0 aromatic carbocycles. The van der Waals surface area contributed by atoms with Crippen molar-refractivity contribution in [1.29, 1.82) is 0 Å². The molecule has 0 aliphatic carbocycles. The van der Waals surface area contributed by atoms with Gasteiger partial charge in [-0.3, -0.25) is 0 Å². The SMILES string of the molecule is C=C1CCC(O)C2(C)CCC(C(=C)C(=O)O2)C(O)CC2(C)CCC1O2. The Morgan fingerprint density at radius 2 is 1.84 bits per heavy atom. The lowest BCUT2D eigenvalue weighted by Gasteiger charge is -2.33. The Kier molecular flexibility index (Phi) is 4.86. The second kappa shape index (κ2) is 6.53. The van der Waals surface area contributed by atoms with Crippen LogP contribution in [-0.4, -0.2) is 45.7 Å². The number of hydrogen-bond donors (Lipinski definition) is 2. The van der Waals surface area contributed by atoms with Crippen molar-refractivity contribution in [1.82, 2.24) is 0 Å². The second-order valence-corrected chi connectivity index (χ2v) is 8.45. The number of esters is 1. The molecule has 0 spiro atoms. The summed E-state index contributed by atoms with van der Waals surface area (Å²) < 4.78 is 11.8. The van der Waals surface area contributed by atoms with Gasteiger partial charge in [0.2, 0.25) is 0 Å². The lowest BCUT2D eigenvalue weighted by atomic mass is 9.80. The van der Waals surface area contributed by atoms with Crippen LogP contribution in [0.25, 0.3) is 0 Å². The van der Waals surface area contributed by atoms with E-state index in [4.69, 9.17) is 9.47 Å². The summed E-state index contributed by atoms with van der Waals surface area (Å²) in [6.07, 6.45) is 2.77. The van der Waals surface area contributed by atoms with Crippen LogP contribution >= 0.6 is 0 Å². The fourth-order valence-electron chi connectivity index (χ4n) is 4.46. The highest BCUT2D eigenvalue weighted by Gasteiger charge is 2.46. The minimum Gasteiger partial charge on any atom is -0.453 e. The van der Waals surface area contributed by atoms with E-state index in [9.17, 15) is 15.0 Å². The average Bonchev–Trinajstić information content (AvgIpc) is 2.87. The molecule has 0 aromatic rings. The van der Waals surface area contributed by atoms with Crippen LogP contribution in [0.3, 0.4) is 0 Å². The fraction of sp³-hybridized carbons (Fsp3) is 0.750. The zero-order chi connectivity index (χ0) is 18.4. The van der Waals surface area contributed by atoms with Crippen LogP contribution in [0.4, 0.5) is 0 Å². The van der Waals surface area contributed by atoms with Crippen molar-refractivity contribution >= 4 is 5.97 Å². The number of carbonyl (C=O) groups is 1. The van der Waals surface area contributed by atoms with E-state index in [-0.39, 0.29) is 12.0 Å². The van der Waals surface area contributed by atoms with Gasteiger partial charge in [-0.05, 0) is 57.9 Å². The van der Waals surface area contributed by atoms with Gasteiger partial charge in [0.1, 0.15) is 5.60 Å². The molecule has 5 heteroatoms. The van der Waals surface area contributed by atoms with Crippen LogP contribution in [0, 0.1) is 5.92 Å². The molecule has 0 aromatic heterocycles. The van der Waals surface area contributed by atoms with Crippen LogP contribution in [0.2, 0.25) is 0 Å². The standard InChI is InChI=1S/C20H30O5/c1-12-5-6-17(22)20(4)10-7-14(13(2)18(23)25-20)15(21)11-19(3)9-8-16(12)24-19/h14-17,21-22H,1-2,5-11H2,3-4H3. The molecule has 6 atom stereocenters. The number of hydrogen-bond acceptors (Lipinski definition) is 5. The maximum absolute atomic E-state index is 12.5.